The summed E-state index contributed by atoms with van der Waals surface area (Å²) in [5, 5.41) is 0. The van der Waals surface area contributed by atoms with Gasteiger partial charge in [0.1, 0.15) is 4.60 Å². The molecule has 23 heavy (non-hydrogen) atoms. The van der Waals surface area contributed by atoms with Crippen LogP contribution < -0.4 is 4.74 Å². The molecule has 0 N–H and O–H groups in total. The van der Waals surface area contributed by atoms with E-state index >= 15 is 0 Å². The zero-order valence-corrected chi connectivity index (χ0v) is 16.1. The topological polar surface area (TPSA) is 76.6 Å². The van der Waals surface area contributed by atoms with E-state index in [0.717, 1.165) is 4.31 Å². The van der Waals surface area contributed by atoms with E-state index in [2.05, 4.69) is 36.8 Å². The van der Waals surface area contributed by atoms with Crippen LogP contribution in [0.5, 0.6) is 5.75 Å². The summed E-state index contributed by atoms with van der Waals surface area (Å²) in [5.74, 6) is -0.432. The summed E-state index contributed by atoms with van der Waals surface area (Å²) < 4.78 is 31.6. The standard InChI is InChI=1S/C14H12Br2N2O4S/c1-18(2)23(20,21)12-8-9(5-6-10(12)15)14(19)22-11-4-3-7-17-13(11)16/h3-8H,1-2H3. The van der Waals surface area contributed by atoms with Crippen LogP contribution in [-0.4, -0.2) is 37.8 Å². The molecule has 0 aliphatic heterocycles. The summed E-state index contributed by atoms with van der Waals surface area (Å²) in [4.78, 5) is 16.2. The quantitative estimate of drug-likeness (QED) is 0.514. The van der Waals surface area contributed by atoms with E-state index in [1.54, 1.807) is 18.3 Å². The lowest BCUT2D eigenvalue weighted by molar-refractivity contribution is 0.0732. The van der Waals surface area contributed by atoms with Crippen molar-refractivity contribution < 1.29 is 17.9 Å². The molecule has 1 heterocycles. The van der Waals surface area contributed by atoms with Gasteiger partial charge in [-0.1, -0.05) is 0 Å². The fourth-order valence-electron chi connectivity index (χ4n) is 1.63. The number of pyridine rings is 1. The second-order valence-corrected chi connectivity index (χ2v) is 8.34. The van der Waals surface area contributed by atoms with Gasteiger partial charge in [0.2, 0.25) is 10.0 Å². The third-order valence-corrected chi connectivity index (χ3v) is 6.26. The lowest BCUT2D eigenvalue weighted by atomic mass is 10.2. The number of nitrogens with zero attached hydrogens (tertiary/aromatic N) is 2. The minimum absolute atomic E-state index is 0.0118. The Morgan fingerprint density at radius 1 is 1.22 bits per heavy atom. The van der Waals surface area contributed by atoms with E-state index in [-0.39, 0.29) is 16.2 Å². The highest BCUT2D eigenvalue weighted by Gasteiger charge is 2.23. The van der Waals surface area contributed by atoms with Gasteiger partial charge in [-0.05, 0) is 62.2 Å². The molecule has 0 aliphatic carbocycles. The van der Waals surface area contributed by atoms with E-state index in [1.165, 1.54) is 32.3 Å². The Morgan fingerprint density at radius 2 is 1.91 bits per heavy atom. The predicted molar refractivity (Wildman–Crippen MR) is 91.9 cm³/mol. The van der Waals surface area contributed by atoms with Crippen molar-refractivity contribution in [3.8, 4) is 5.75 Å². The lowest BCUT2D eigenvalue weighted by Crippen LogP contribution is -2.23. The lowest BCUT2D eigenvalue weighted by Gasteiger charge is -2.14. The van der Waals surface area contributed by atoms with Gasteiger partial charge in [-0.15, -0.1) is 0 Å². The van der Waals surface area contributed by atoms with Crippen LogP contribution in [0.1, 0.15) is 10.4 Å². The van der Waals surface area contributed by atoms with E-state index in [4.69, 9.17) is 4.74 Å². The summed E-state index contributed by atoms with van der Waals surface area (Å²) in [6, 6.07) is 7.44. The SMILES string of the molecule is CN(C)S(=O)(=O)c1cc(C(=O)Oc2cccnc2Br)ccc1Br. The molecule has 0 saturated heterocycles. The van der Waals surface area contributed by atoms with Gasteiger partial charge in [0.25, 0.3) is 0 Å². The first-order valence-electron chi connectivity index (χ1n) is 6.28. The number of carbonyl (C=O) groups is 1. The van der Waals surface area contributed by atoms with E-state index in [1.807, 2.05) is 0 Å². The summed E-state index contributed by atoms with van der Waals surface area (Å²) in [5.41, 5.74) is 0.115. The highest BCUT2D eigenvalue weighted by molar-refractivity contribution is 9.10. The molecule has 0 spiro atoms. The fourth-order valence-corrected chi connectivity index (χ4v) is 3.81. The molecule has 2 rings (SSSR count). The molecular formula is C14H12Br2N2O4S. The third-order valence-electron chi connectivity index (χ3n) is 2.85. The second-order valence-electron chi connectivity index (χ2n) is 4.61. The Morgan fingerprint density at radius 3 is 2.52 bits per heavy atom. The number of halogens is 2. The number of carbonyl (C=O) groups excluding carboxylic acids is 1. The number of ether oxygens (including phenoxy) is 1. The molecule has 9 heteroatoms. The summed E-state index contributed by atoms with van der Waals surface area (Å²) >= 11 is 6.36. The summed E-state index contributed by atoms with van der Waals surface area (Å²) in [6.07, 6.45) is 1.54. The molecule has 6 nitrogen and oxygen atoms in total. The molecule has 0 aliphatic rings. The Kier molecular flexibility index (Phi) is 5.56. The Balaban J connectivity index is 2.38. The fraction of sp³-hybridized carbons (Fsp3) is 0.143. The van der Waals surface area contributed by atoms with Gasteiger partial charge in [-0.2, -0.15) is 0 Å². The van der Waals surface area contributed by atoms with Gasteiger partial charge >= 0.3 is 5.97 Å². The number of benzene rings is 1. The van der Waals surface area contributed by atoms with Crippen molar-refractivity contribution in [2.24, 2.45) is 0 Å². The number of hydrogen-bond acceptors (Lipinski definition) is 5. The molecule has 1 aromatic heterocycles. The van der Waals surface area contributed by atoms with Gasteiger partial charge in [-0.25, -0.2) is 22.5 Å². The highest BCUT2D eigenvalue weighted by atomic mass is 79.9. The maximum Gasteiger partial charge on any atom is 0.343 e. The molecule has 0 atom stereocenters. The average Bonchev–Trinajstić information content (AvgIpc) is 2.49. The van der Waals surface area contributed by atoms with Gasteiger partial charge in [0, 0.05) is 24.8 Å². The van der Waals surface area contributed by atoms with Crippen molar-refractivity contribution in [2.75, 3.05) is 14.1 Å². The van der Waals surface area contributed by atoms with Crippen LogP contribution in [0.15, 0.2) is 50.5 Å². The smallest absolute Gasteiger partial charge is 0.343 e. The Bertz CT molecular complexity index is 854. The van der Waals surface area contributed by atoms with Crippen LogP contribution in [-0.2, 0) is 10.0 Å². The molecule has 0 amide bonds. The molecule has 0 unspecified atom stereocenters. The normalized spacial score (nSPS) is 11.5. The number of sulfonamides is 1. The number of aromatic nitrogens is 1. The molecule has 0 radical (unpaired) electrons. The van der Waals surface area contributed by atoms with Crippen LogP contribution in [0.3, 0.4) is 0 Å². The maximum absolute atomic E-state index is 12.3. The van der Waals surface area contributed by atoms with Crippen molar-refractivity contribution in [2.45, 2.75) is 4.90 Å². The zero-order chi connectivity index (χ0) is 17.2. The van der Waals surface area contributed by atoms with Crippen molar-refractivity contribution in [1.29, 1.82) is 0 Å². The first-order chi connectivity index (χ1) is 10.7. The van der Waals surface area contributed by atoms with Crippen LogP contribution in [0, 0.1) is 0 Å². The zero-order valence-electron chi connectivity index (χ0n) is 12.2. The molecule has 122 valence electrons. The van der Waals surface area contributed by atoms with Crippen molar-refractivity contribution >= 4 is 47.9 Å². The van der Waals surface area contributed by atoms with Crippen LogP contribution >= 0.6 is 31.9 Å². The largest absolute Gasteiger partial charge is 0.420 e. The minimum Gasteiger partial charge on any atom is -0.420 e. The highest BCUT2D eigenvalue weighted by Crippen LogP contribution is 2.27. The second kappa shape index (κ2) is 7.08. The monoisotopic (exact) mass is 462 g/mol. The van der Waals surface area contributed by atoms with Gasteiger partial charge < -0.3 is 4.74 Å². The van der Waals surface area contributed by atoms with Crippen LogP contribution in [0.25, 0.3) is 0 Å². The van der Waals surface area contributed by atoms with Crippen LogP contribution in [0.2, 0.25) is 0 Å². The molecule has 1 aromatic carbocycles. The average molecular weight is 464 g/mol. The first kappa shape index (κ1) is 18.1. The van der Waals surface area contributed by atoms with E-state index < -0.39 is 16.0 Å². The molecule has 2 aromatic rings. The molecule has 0 saturated carbocycles. The first-order valence-corrected chi connectivity index (χ1v) is 9.31. The maximum atomic E-state index is 12.3. The molecule has 0 fully saturated rings. The number of rotatable bonds is 4. The van der Waals surface area contributed by atoms with E-state index in [9.17, 15) is 13.2 Å². The summed E-state index contributed by atoms with van der Waals surface area (Å²) in [7, 11) is -0.855. The van der Waals surface area contributed by atoms with E-state index in [0.29, 0.717) is 9.08 Å². The predicted octanol–water partition coefficient (Wildman–Crippen LogP) is 3.08. The summed E-state index contributed by atoms with van der Waals surface area (Å²) in [6.45, 7) is 0. The number of hydrogen-bond donors (Lipinski definition) is 0. The van der Waals surface area contributed by atoms with Crippen LogP contribution in [0.4, 0.5) is 0 Å². The van der Waals surface area contributed by atoms with Crippen molar-refractivity contribution in [3.05, 3.63) is 51.2 Å². The Hall–Kier alpha value is -1.29. The van der Waals surface area contributed by atoms with Crippen molar-refractivity contribution in [1.82, 2.24) is 9.29 Å². The number of esters is 1. The molecule has 0 bridgehead atoms. The van der Waals surface area contributed by atoms with Gasteiger partial charge in [0.15, 0.2) is 5.75 Å². The minimum atomic E-state index is -3.69. The van der Waals surface area contributed by atoms with Gasteiger partial charge in [0.05, 0.1) is 10.5 Å². The Labute approximate surface area is 150 Å². The van der Waals surface area contributed by atoms with Gasteiger partial charge in [-0.3, -0.25) is 0 Å². The van der Waals surface area contributed by atoms with Crippen molar-refractivity contribution in [3.63, 3.8) is 0 Å². The molecular weight excluding hydrogens is 452 g/mol. The third kappa shape index (κ3) is 3.97.